The topological polar surface area (TPSA) is 32.3 Å². The summed E-state index contributed by atoms with van der Waals surface area (Å²) in [4.78, 5) is 0. The number of hydrogen-bond donors (Lipinski definition) is 2. The van der Waals surface area contributed by atoms with Crippen LogP contribution in [0.2, 0.25) is 0 Å². The number of allylic oxidation sites excluding steroid dienone is 3. The first-order valence-electron chi connectivity index (χ1n) is 5.70. The third kappa shape index (κ3) is 11.3. The summed E-state index contributed by atoms with van der Waals surface area (Å²) < 4.78 is 0. The lowest BCUT2D eigenvalue weighted by atomic mass is 10.1. The van der Waals surface area contributed by atoms with E-state index in [1.807, 2.05) is 0 Å². The van der Waals surface area contributed by atoms with E-state index in [-0.39, 0.29) is 6.10 Å². The minimum absolute atomic E-state index is 0.260. The molecule has 0 saturated heterocycles. The smallest absolute Gasteiger partial charge is 0.0636 e. The first-order chi connectivity index (χ1) is 7.02. The summed E-state index contributed by atoms with van der Waals surface area (Å²) in [7, 11) is 0. The Morgan fingerprint density at radius 2 is 1.93 bits per heavy atom. The van der Waals surface area contributed by atoms with Crippen molar-refractivity contribution < 1.29 is 5.11 Å². The van der Waals surface area contributed by atoms with E-state index in [9.17, 15) is 0 Å². The number of hydrogen-bond acceptors (Lipinski definition) is 2. The van der Waals surface area contributed by atoms with Crippen molar-refractivity contribution in [2.45, 2.75) is 46.6 Å². The van der Waals surface area contributed by atoms with E-state index in [1.165, 1.54) is 11.1 Å². The van der Waals surface area contributed by atoms with Crippen LogP contribution in [0.25, 0.3) is 0 Å². The van der Waals surface area contributed by atoms with Gasteiger partial charge in [-0.25, -0.2) is 0 Å². The highest BCUT2D eigenvalue weighted by Crippen LogP contribution is 2.05. The highest BCUT2D eigenvalue weighted by Gasteiger charge is 1.92. The Bertz CT molecular complexity index is 213. The summed E-state index contributed by atoms with van der Waals surface area (Å²) in [5.74, 6) is 0. The lowest BCUT2D eigenvalue weighted by Crippen LogP contribution is -2.24. The molecule has 0 rings (SSSR count). The fourth-order valence-corrected chi connectivity index (χ4v) is 1.23. The molecule has 0 saturated carbocycles. The molecule has 0 aromatic rings. The molecule has 1 atom stereocenters. The molecule has 0 fully saturated rings. The van der Waals surface area contributed by atoms with E-state index in [0.29, 0.717) is 6.54 Å². The predicted molar refractivity (Wildman–Crippen MR) is 67.0 cm³/mol. The maximum absolute atomic E-state index is 9.03. The van der Waals surface area contributed by atoms with Gasteiger partial charge in [0.15, 0.2) is 0 Å². The van der Waals surface area contributed by atoms with E-state index in [4.69, 9.17) is 5.11 Å². The zero-order valence-corrected chi connectivity index (χ0v) is 10.5. The van der Waals surface area contributed by atoms with E-state index >= 15 is 0 Å². The first kappa shape index (κ1) is 14.4. The molecule has 0 bridgehead atoms. The minimum Gasteiger partial charge on any atom is -0.392 e. The highest BCUT2D eigenvalue weighted by molar-refractivity contribution is 5.02. The largest absolute Gasteiger partial charge is 0.392 e. The molecule has 0 aromatic heterocycles. The SMILES string of the molecule is CC(C)=CCCC(C)=CCNCC(C)O. The van der Waals surface area contributed by atoms with Crippen LogP contribution >= 0.6 is 0 Å². The summed E-state index contributed by atoms with van der Waals surface area (Å²) in [5, 5.41) is 12.2. The van der Waals surface area contributed by atoms with Gasteiger partial charge in [-0.05, 0) is 40.5 Å². The molecule has 88 valence electrons. The second kappa shape index (κ2) is 8.69. The van der Waals surface area contributed by atoms with E-state index in [1.54, 1.807) is 6.92 Å². The van der Waals surface area contributed by atoms with Gasteiger partial charge in [0.05, 0.1) is 6.10 Å². The zero-order valence-electron chi connectivity index (χ0n) is 10.5. The van der Waals surface area contributed by atoms with Crippen LogP contribution < -0.4 is 5.32 Å². The monoisotopic (exact) mass is 211 g/mol. The molecule has 0 aliphatic carbocycles. The molecular formula is C13H25NO. The Labute approximate surface area is 94.1 Å². The lowest BCUT2D eigenvalue weighted by molar-refractivity contribution is 0.193. The van der Waals surface area contributed by atoms with Crippen molar-refractivity contribution in [1.29, 1.82) is 0 Å². The van der Waals surface area contributed by atoms with Crippen molar-refractivity contribution in [2.24, 2.45) is 0 Å². The molecule has 0 spiro atoms. The molecule has 2 heteroatoms. The van der Waals surface area contributed by atoms with Gasteiger partial charge in [0.1, 0.15) is 0 Å². The number of nitrogens with one attached hydrogen (secondary N) is 1. The van der Waals surface area contributed by atoms with Crippen molar-refractivity contribution in [1.82, 2.24) is 5.32 Å². The van der Waals surface area contributed by atoms with Gasteiger partial charge in [-0.3, -0.25) is 0 Å². The van der Waals surface area contributed by atoms with Crippen molar-refractivity contribution in [2.75, 3.05) is 13.1 Å². The summed E-state index contributed by atoms with van der Waals surface area (Å²) in [6, 6.07) is 0. The summed E-state index contributed by atoms with van der Waals surface area (Å²) in [6.45, 7) is 9.72. The van der Waals surface area contributed by atoms with Gasteiger partial charge in [0, 0.05) is 13.1 Å². The van der Waals surface area contributed by atoms with Crippen LogP contribution in [0.4, 0.5) is 0 Å². The predicted octanol–water partition coefficient (Wildman–Crippen LogP) is 2.65. The minimum atomic E-state index is -0.260. The highest BCUT2D eigenvalue weighted by atomic mass is 16.3. The Morgan fingerprint density at radius 3 is 2.47 bits per heavy atom. The summed E-state index contributed by atoms with van der Waals surface area (Å²) >= 11 is 0. The first-order valence-corrected chi connectivity index (χ1v) is 5.70. The number of aliphatic hydroxyl groups is 1. The van der Waals surface area contributed by atoms with Gasteiger partial charge in [-0.2, -0.15) is 0 Å². The van der Waals surface area contributed by atoms with Gasteiger partial charge in [0.2, 0.25) is 0 Å². The van der Waals surface area contributed by atoms with Crippen molar-refractivity contribution >= 4 is 0 Å². The maximum atomic E-state index is 9.03. The molecule has 1 unspecified atom stereocenters. The summed E-state index contributed by atoms with van der Waals surface area (Å²) in [5.41, 5.74) is 2.79. The number of rotatable bonds is 7. The van der Waals surface area contributed by atoms with Crippen molar-refractivity contribution in [3.63, 3.8) is 0 Å². The van der Waals surface area contributed by atoms with Gasteiger partial charge < -0.3 is 10.4 Å². The third-order valence-electron chi connectivity index (χ3n) is 2.13. The van der Waals surface area contributed by atoms with E-state index in [2.05, 4.69) is 38.2 Å². The molecule has 0 aliphatic heterocycles. The maximum Gasteiger partial charge on any atom is 0.0636 e. The van der Waals surface area contributed by atoms with E-state index < -0.39 is 0 Å². The second-order valence-electron chi connectivity index (χ2n) is 4.38. The molecule has 2 N–H and O–H groups in total. The standard InChI is InChI=1S/C13H25NO/c1-11(2)6-5-7-12(3)8-9-14-10-13(4)15/h6,8,13-15H,5,7,9-10H2,1-4H3. The fraction of sp³-hybridized carbons (Fsp3) is 0.692. The Morgan fingerprint density at radius 1 is 1.27 bits per heavy atom. The molecule has 0 amide bonds. The Hall–Kier alpha value is -0.600. The Kier molecular flexibility index (Phi) is 8.34. The van der Waals surface area contributed by atoms with Gasteiger partial charge in [-0.15, -0.1) is 0 Å². The molecule has 2 nitrogen and oxygen atoms in total. The molecular weight excluding hydrogens is 186 g/mol. The third-order valence-corrected chi connectivity index (χ3v) is 2.13. The van der Waals surface area contributed by atoms with Gasteiger partial charge in [0.25, 0.3) is 0 Å². The van der Waals surface area contributed by atoms with E-state index in [0.717, 1.165) is 19.4 Å². The molecule has 0 aliphatic rings. The average molecular weight is 211 g/mol. The number of aliphatic hydroxyl groups excluding tert-OH is 1. The van der Waals surface area contributed by atoms with Crippen LogP contribution in [0.3, 0.4) is 0 Å². The van der Waals surface area contributed by atoms with Crippen molar-refractivity contribution in [3.05, 3.63) is 23.3 Å². The second-order valence-corrected chi connectivity index (χ2v) is 4.38. The van der Waals surface area contributed by atoms with Gasteiger partial charge in [-0.1, -0.05) is 23.3 Å². The lowest BCUT2D eigenvalue weighted by Gasteiger charge is -2.04. The van der Waals surface area contributed by atoms with Gasteiger partial charge >= 0.3 is 0 Å². The van der Waals surface area contributed by atoms with Crippen LogP contribution in [-0.4, -0.2) is 24.3 Å². The van der Waals surface area contributed by atoms with Crippen LogP contribution in [-0.2, 0) is 0 Å². The quantitative estimate of drug-likeness (QED) is 0.501. The fourth-order valence-electron chi connectivity index (χ4n) is 1.23. The van der Waals surface area contributed by atoms with Crippen molar-refractivity contribution in [3.8, 4) is 0 Å². The molecule has 0 heterocycles. The normalized spacial score (nSPS) is 13.8. The molecule has 0 aromatic carbocycles. The van der Waals surface area contributed by atoms with Crippen LogP contribution in [0.1, 0.15) is 40.5 Å². The average Bonchev–Trinajstić information content (AvgIpc) is 2.11. The van der Waals surface area contributed by atoms with Crippen LogP contribution in [0, 0.1) is 0 Å². The van der Waals surface area contributed by atoms with Crippen LogP contribution in [0.5, 0.6) is 0 Å². The zero-order chi connectivity index (χ0) is 11.7. The molecule has 15 heavy (non-hydrogen) atoms. The summed E-state index contributed by atoms with van der Waals surface area (Å²) in [6.07, 6.45) is 6.45. The van der Waals surface area contributed by atoms with Crippen LogP contribution in [0.15, 0.2) is 23.3 Å². The molecule has 0 radical (unpaired) electrons. The Balaban J connectivity index is 3.57.